The van der Waals surface area contributed by atoms with Gasteiger partial charge in [-0.15, -0.1) is 0 Å². The highest BCUT2D eigenvalue weighted by Crippen LogP contribution is 2.36. The van der Waals surface area contributed by atoms with E-state index in [4.69, 9.17) is 27.5 Å². The second-order valence-electron chi connectivity index (χ2n) is 6.87. The van der Waals surface area contributed by atoms with Crippen LogP contribution in [-0.4, -0.2) is 31.2 Å². The Morgan fingerprint density at radius 2 is 1.97 bits per heavy atom. The van der Waals surface area contributed by atoms with Crippen LogP contribution in [0.3, 0.4) is 0 Å². The summed E-state index contributed by atoms with van der Waals surface area (Å²) < 4.78 is 33.7. The standard InChI is InChI=1S/C20H20ClN5O3S/c1-29-13-6-8-14(9-7-13)30(27,28)26-17-10-5-12(21)11-15(17)19-16(24-25-20(22)23)3-2-4-18(19)26/h5-11H,2-4H2,1H3,(H4,22,23,25)/b24-16+. The molecule has 1 aliphatic rings. The molecule has 4 rings (SSSR count). The highest BCUT2D eigenvalue weighted by molar-refractivity contribution is 7.90. The molecule has 1 heterocycles. The van der Waals surface area contributed by atoms with Gasteiger partial charge < -0.3 is 10.5 Å². The minimum absolute atomic E-state index is 0.156. The first kappa shape index (κ1) is 20.2. The number of guanidine groups is 1. The van der Waals surface area contributed by atoms with E-state index in [1.807, 2.05) is 0 Å². The lowest BCUT2D eigenvalue weighted by molar-refractivity contribution is 0.414. The summed E-state index contributed by atoms with van der Waals surface area (Å²) in [5.74, 6) is 0.284. The number of hydrazone groups is 1. The number of fused-ring (bicyclic) bond motifs is 3. The van der Waals surface area contributed by atoms with Crippen molar-refractivity contribution in [2.75, 3.05) is 7.11 Å². The molecule has 0 saturated heterocycles. The van der Waals surface area contributed by atoms with Gasteiger partial charge in [0.2, 0.25) is 5.96 Å². The molecule has 0 radical (unpaired) electrons. The van der Waals surface area contributed by atoms with E-state index in [9.17, 15) is 8.42 Å². The van der Waals surface area contributed by atoms with E-state index in [0.29, 0.717) is 57.9 Å². The second kappa shape index (κ2) is 7.66. The van der Waals surface area contributed by atoms with Crippen molar-refractivity contribution >= 4 is 44.2 Å². The first-order valence-electron chi connectivity index (χ1n) is 9.22. The van der Waals surface area contributed by atoms with Crippen molar-refractivity contribution in [3.63, 3.8) is 0 Å². The average Bonchev–Trinajstić information content (AvgIpc) is 3.07. The van der Waals surface area contributed by atoms with Gasteiger partial charge in [0, 0.05) is 21.7 Å². The zero-order valence-corrected chi connectivity index (χ0v) is 17.7. The Bertz CT molecular complexity index is 1280. The summed E-state index contributed by atoms with van der Waals surface area (Å²) in [5, 5.41) is 12.8. The van der Waals surface area contributed by atoms with Crippen LogP contribution in [0.25, 0.3) is 10.9 Å². The Balaban J connectivity index is 1.99. The van der Waals surface area contributed by atoms with Gasteiger partial charge in [-0.25, -0.2) is 17.8 Å². The molecule has 30 heavy (non-hydrogen) atoms. The van der Waals surface area contributed by atoms with Gasteiger partial charge in [0.25, 0.3) is 10.0 Å². The molecule has 0 unspecified atom stereocenters. The summed E-state index contributed by atoms with van der Waals surface area (Å²) in [4.78, 5) is 0.156. The Kier molecular flexibility index (Phi) is 5.17. The van der Waals surface area contributed by atoms with Crippen LogP contribution >= 0.6 is 11.6 Å². The monoisotopic (exact) mass is 445 g/mol. The van der Waals surface area contributed by atoms with E-state index in [1.165, 1.54) is 23.2 Å². The third-order valence-corrected chi connectivity index (χ3v) is 7.01. The van der Waals surface area contributed by atoms with Gasteiger partial charge in [-0.05, 0) is 61.7 Å². The zero-order chi connectivity index (χ0) is 21.5. The Labute approximate surface area is 178 Å². The molecule has 0 fully saturated rings. The fourth-order valence-corrected chi connectivity index (χ4v) is 5.51. The number of nitrogens with zero attached hydrogens (tertiary/aromatic N) is 2. The van der Waals surface area contributed by atoms with E-state index in [-0.39, 0.29) is 10.9 Å². The number of ether oxygens (including phenoxy) is 1. The van der Waals surface area contributed by atoms with E-state index < -0.39 is 10.0 Å². The SMILES string of the molecule is COc1ccc(S(=O)(=O)n2c3c(c4cc(Cl)ccc42)/C(=N/NC(=N)N)CCC3)cc1. The van der Waals surface area contributed by atoms with Gasteiger partial charge in [-0.3, -0.25) is 5.41 Å². The Hall–Kier alpha value is -3.04. The van der Waals surface area contributed by atoms with Crippen LogP contribution in [0.1, 0.15) is 24.1 Å². The van der Waals surface area contributed by atoms with Crippen LogP contribution in [0.5, 0.6) is 5.75 Å². The molecule has 4 N–H and O–H groups in total. The van der Waals surface area contributed by atoms with Crippen molar-refractivity contribution in [3.8, 4) is 5.75 Å². The van der Waals surface area contributed by atoms with Crippen LogP contribution in [0, 0.1) is 5.41 Å². The number of nitrogens with two attached hydrogens (primary N) is 1. The van der Waals surface area contributed by atoms with Gasteiger partial charge in [-0.2, -0.15) is 5.10 Å². The molecule has 1 aliphatic carbocycles. The molecule has 0 spiro atoms. The molecular formula is C20H20ClN5O3S. The number of rotatable bonds is 4. The molecule has 8 nitrogen and oxygen atoms in total. The maximum Gasteiger partial charge on any atom is 0.268 e. The smallest absolute Gasteiger partial charge is 0.268 e. The van der Waals surface area contributed by atoms with Crippen molar-refractivity contribution in [1.82, 2.24) is 9.40 Å². The van der Waals surface area contributed by atoms with Crippen LogP contribution in [-0.2, 0) is 16.4 Å². The van der Waals surface area contributed by atoms with Crippen LogP contribution in [0.15, 0.2) is 52.5 Å². The quantitative estimate of drug-likeness (QED) is 0.323. The minimum Gasteiger partial charge on any atom is -0.497 e. The number of hydrogen-bond acceptors (Lipinski definition) is 5. The molecule has 2 aromatic carbocycles. The fraction of sp³-hybridized carbons (Fsp3) is 0.200. The highest BCUT2D eigenvalue weighted by atomic mass is 35.5. The van der Waals surface area contributed by atoms with Gasteiger partial charge in [0.05, 0.1) is 23.2 Å². The average molecular weight is 446 g/mol. The molecule has 0 amide bonds. The van der Waals surface area contributed by atoms with Crippen LogP contribution < -0.4 is 15.9 Å². The molecule has 3 aromatic rings. The lowest BCUT2D eigenvalue weighted by atomic mass is 9.93. The van der Waals surface area contributed by atoms with E-state index in [0.717, 1.165) is 0 Å². The predicted octanol–water partition coefficient (Wildman–Crippen LogP) is 3.06. The third kappa shape index (κ3) is 3.40. The maximum absolute atomic E-state index is 13.6. The summed E-state index contributed by atoms with van der Waals surface area (Å²) in [6, 6.07) is 11.4. The van der Waals surface area contributed by atoms with E-state index in [2.05, 4.69) is 10.5 Å². The molecule has 1 aromatic heterocycles. The number of hydrogen-bond donors (Lipinski definition) is 3. The van der Waals surface area contributed by atoms with E-state index >= 15 is 0 Å². The zero-order valence-electron chi connectivity index (χ0n) is 16.1. The summed E-state index contributed by atoms with van der Waals surface area (Å²) in [6.45, 7) is 0. The minimum atomic E-state index is -3.88. The van der Waals surface area contributed by atoms with Crippen molar-refractivity contribution in [3.05, 3.63) is 58.7 Å². The number of nitrogens with one attached hydrogen (secondary N) is 2. The molecular weight excluding hydrogens is 426 g/mol. The van der Waals surface area contributed by atoms with Crippen LogP contribution in [0.4, 0.5) is 0 Å². The van der Waals surface area contributed by atoms with Crippen LogP contribution in [0.2, 0.25) is 5.02 Å². The van der Waals surface area contributed by atoms with Crippen molar-refractivity contribution in [2.45, 2.75) is 24.2 Å². The van der Waals surface area contributed by atoms with Gasteiger partial charge >= 0.3 is 0 Å². The Morgan fingerprint density at radius 1 is 1.23 bits per heavy atom. The first-order valence-corrected chi connectivity index (χ1v) is 11.0. The highest BCUT2D eigenvalue weighted by Gasteiger charge is 2.31. The summed E-state index contributed by atoms with van der Waals surface area (Å²) in [5.41, 5.74) is 10.4. The lowest BCUT2D eigenvalue weighted by Crippen LogP contribution is -2.28. The van der Waals surface area contributed by atoms with Crippen molar-refractivity contribution in [1.29, 1.82) is 5.41 Å². The number of methoxy groups -OCH3 is 1. The summed E-state index contributed by atoms with van der Waals surface area (Å²) >= 11 is 6.23. The molecule has 0 atom stereocenters. The maximum atomic E-state index is 13.6. The third-order valence-electron chi connectivity index (χ3n) is 5.01. The fourth-order valence-electron chi connectivity index (χ4n) is 3.75. The van der Waals surface area contributed by atoms with Gasteiger partial charge in [0.15, 0.2) is 0 Å². The number of benzene rings is 2. The largest absolute Gasteiger partial charge is 0.497 e. The van der Waals surface area contributed by atoms with Crippen molar-refractivity contribution < 1.29 is 13.2 Å². The first-order chi connectivity index (χ1) is 14.3. The number of aromatic nitrogens is 1. The molecule has 0 bridgehead atoms. The topological polar surface area (TPSA) is 123 Å². The van der Waals surface area contributed by atoms with Crippen molar-refractivity contribution in [2.24, 2.45) is 10.8 Å². The normalized spacial score (nSPS) is 15.2. The number of halogens is 1. The summed E-state index contributed by atoms with van der Waals surface area (Å²) in [7, 11) is -2.35. The van der Waals surface area contributed by atoms with E-state index in [1.54, 1.807) is 30.3 Å². The summed E-state index contributed by atoms with van der Waals surface area (Å²) in [6.07, 6.45) is 1.91. The molecule has 156 valence electrons. The predicted molar refractivity (Wildman–Crippen MR) is 117 cm³/mol. The molecule has 0 aliphatic heterocycles. The van der Waals surface area contributed by atoms with Gasteiger partial charge in [0.1, 0.15) is 5.75 Å². The molecule has 0 saturated carbocycles. The lowest BCUT2D eigenvalue weighted by Gasteiger charge is -2.18. The second-order valence-corrected chi connectivity index (χ2v) is 9.09. The molecule has 10 heteroatoms. The van der Waals surface area contributed by atoms with Gasteiger partial charge in [-0.1, -0.05) is 11.6 Å². The Morgan fingerprint density at radius 3 is 2.63 bits per heavy atom.